The highest BCUT2D eigenvalue weighted by atomic mass is 16.7. The zero-order valence-electron chi connectivity index (χ0n) is 13.5. The van der Waals surface area contributed by atoms with Gasteiger partial charge in [0, 0.05) is 48.7 Å². The molecule has 124 valence electrons. The highest BCUT2D eigenvalue weighted by Crippen LogP contribution is 2.33. The molecule has 1 aliphatic heterocycles. The highest BCUT2D eigenvalue weighted by Gasteiger charge is 2.29. The fourth-order valence-corrected chi connectivity index (χ4v) is 3.30. The maximum Gasteiger partial charge on any atom is 0.426 e. The molecular weight excluding hydrogens is 308 g/mol. The molecule has 1 aliphatic rings. The molecule has 8 heteroatoms. The molecule has 24 heavy (non-hydrogen) atoms. The molecule has 2 N–H and O–H groups in total. The molecule has 1 saturated heterocycles. The molecule has 0 bridgehead atoms. The molecule has 1 fully saturated rings. The minimum absolute atomic E-state index is 0.222. The predicted octanol–water partition coefficient (Wildman–Crippen LogP) is 1.87. The molecule has 0 aliphatic carbocycles. The number of aryl methyl sites for hydroxylation is 1. The Kier molecular flexibility index (Phi) is 3.53. The first kappa shape index (κ1) is 14.8. The summed E-state index contributed by atoms with van der Waals surface area (Å²) in [5.41, 5.74) is 2.67. The minimum atomic E-state index is -0.442. The maximum atomic E-state index is 11.4. The first-order chi connectivity index (χ1) is 11.7. The lowest BCUT2D eigenvalue weighted by Crippen LogP contribution is -2.30. The van der Waals surface area contributed by atoms with Crippen molar-refractivity contribution < 1.29 is 9.63 Å². The monoisotopic (exact) mass is 326 g/mol. The van der Waals surface area contributed by atoms with Gasteiger partial charge in [0.25, 0.3) is 0 Å². The first-order valence-corrected chi connectivity index (χ1v) is 7.90. The van der Waals surface area contributed by atoms with Gasteiger partial charge in [-0.1, -0.05) is 0 Å². The van der Waals surface area contributed by atoms with Crippen LogP contribution in [0.15, 0.2) is 18.5 Å². The van der Waals surface area contributed by atoms with E-state index in [1.165, 1.54) is 0 Å². The number of aromatic nitrogens is 4. The molecule has 0 aromatic carbocycles. The fourth-order valence-electron chi connectivity index (χ4n) is 3.30. The number of aromatic amines is 1. The van der Waals surface area contributed by atoms with Crippen LogP contribution in [-0.4, -0.2) is 51.2 Å². The fraction of sp³-hybridized carbons (Fsp3) is 0.375. The van der Waals surface area contributed by atoms with E-state index in [1.54, 1.807) is 24.5 Å². The molecule has 0 radical (unpaired) electrons. The van der Waals surface area contributed by atoms with Crippen molar-refractivity contribution in [3.63, 3.8) is 0 Å². The number of nitrogens with one attached hydrogen (secondary N) is 2. The van der Waals surface area contributed by atoms with E-state index >= 15 is 0 Å². The Morgan fingerprint density at radius 1 is 1.46 bits per heavy atom. The number of carbonyl (C=O) groups excluding carboxylic acids is 1. The zero-order valence-corrected chi connectivity index (χ0v) is 13.5. The van der Waals surface area contributed by atoms with Crippen LogP contribution in [-0.2, 0) is 4.84 Å². The summed E-state index contributed by atoms with van der Waals surface area (Å²) in [6, 6.07) is 1.97. The Bertz CT molecular complexity index is 921. The second kappa shape index (κ2) is 5.72. The smallest absolute Gasteiger partial charge is 0.351 e. The van der Waals surface area contributed by atoms with Crippen molar-refractivity contribution in [2.45, 2.75) is 19.3 Å². The number of pyridine rings is 1. The van der Waals surface area contributed by atoms with Crippen LogP contribution in [0.1, 0.15) is 23.9 Å². The van der Waals surface area contributed by atoms with E-state index in [9.17, 15) is 4.79 Å². The van der Waals surface area contributed by atoms with Gasteiger partial charge in [0.2, 0.25) is 0 Å². The number of carbonyl (C=O) groups is 1. The molecule has 1 atom stereocenters. The van der Waals surface area contributed by atoms with E-state index in [1.807, 2.05) is 13.0 Å². The lowest BCUT2D eigenvalue weighted by Gasteiger charge is -2.17. The van der Waals surface area contributed by atoms with E-state index < -0.39 is 6.09 Å². The topological polar surface area (TPSA) is 96.0 Å². The van der Waals surface area contributed by atoms with Gasteiger partial charge in [-0.3, -0.25) is 0 Å². The second-order valence-electron chi connectivity index (χ2n) is 5.94. The van der Waals surface area contributed by atoms with Gasteiger partial charge in [0.15, 0.2) is 5.65 Å². The molecule has 3 aromatic heterocycles. The average Bonchev–Trinajstić information content (AvgIpc) is 3.22. The van der Waals surface area contributed by atoms with Crippen LogP contribution in [0.25, 0.3) is 21.9 Å². The lowest BCUT2D eigenvalue weighted by atomic mass is 9.99. The number of H-pyrrole nitrogens is 1. The van der Waals surface area contributed by atoms with Gasteiger partial charge >= 0.3 is 6.09 Å². The van der Waals surface area contributed by atoms with Crippen LogP contribution in [0.3, 0.4) is 0 Å². The van der Waals surface area contributed by atoms with E-state index in [4.69, 9.17) is 4.84 Å². The maximum absolute atomic E-state index is 11.4. The largest absolute Gasteiger partial charge is 0.426 e. The second-order valence-corrected chi connectivity index (χ2v) is 5.94. The van der Waals surface area contributed by atoms with Crippen LogP contribution in [0.5, 0.6) is 0 Å². The average molecular weight is 326 g/mol. The van der Waals surface area contributed by atoms with Crippen molar-refractivity contribution in [1.82, 2.24) is 30.3 Å². The number of hydroxylamine groups is 2. The summed E-state index contributed by atoms with van der Waals surface area (Å²) >= 11 is 0. The van der Waals surface area contributed by atoms with Gasteiger partial charge in [-0.2, -0.15) is 0 Å². The molecule has 3 aromatic rings. The van der Waals surface area contributed by atoms with E-state index in [2.05, 4.69) is 25.3 Å². The molecule has 4 rings (SSSR count). The van der Waals surface area contributed by atoms with Crippen LogP contribution in [0, 0.1) is 6.92 Å². The van der Waals surface area contributed by atoms with Crippen molar-refractivity contribution in [3.05, 3.63) is 30.0 Å². The Hall–Kier alpha value is -2.74. The van der Waals surface area contributed by atoms with Gasteiger partial charge in [0.05, 0.1) is 11.7 Å². The molecule has 0 spiro atoms. The Labute approximate surface area is 138 Å². The Balaban J connectivity index is 1.76. The van der Waals surface area contributed by atoms with Gasteiger partial charge in [0.1, 0.15) is 5.82 Å². The van der Waals surface area contributed by atoms with Crippen molar-refractivity contribution in [1.29, 1.82) is 0 Å². The summed E-state index contributed by atoms with van der Waals surface area (Å²) in [6.45, 7) is 3.27. The third-order valence-corrected chi connectivity index (χ3v) is 4.36. The quantitative estimate of drug-likeness (QED) is 0.746. The third-order valence-electron chi connectivity index (χ3n) is 4.36. The van der Waals surface area contributed by atoms with E-state index in [-0.39, 0.29) is 5.92 Å². The Morgan fingerprint density at radius 2 is 2.33 bits per heavy atom. The number of amides is 1. The van der Waals surface area contributed by atoms with Crippen LogP contribution in [0.2, 0.25) is 0 Å². The highest BCUT2D eigenvalue weighted by molar-refractivity contribution is 6.04. The van der Waals surface area contributed by atoms with E-state index in [0.29, 0.717) is 13.1 Å². The first-order valence-electron chi connectivity index (χ1n) is 7.90. The lowest BCUT2D eigenvalue weighted by molar-refractivity contribution is -0.0807. The standard InChI is InChI=1S/C16H18N6O2/c1-9-20-12-7-19-15-11(3-5-18-15)13(12)14(21-9)10-4-6-22(8-10)24-16(23)17-2/h3,5,7,10H,4,6,8H2,1-2H3,(H,17,23)(H,20,21). The molecule has 8 nitrogen and oxygen atoms in total. The van der Waals surface area contributed by atoms with Gasteiger partial charge in [-0.15, -0.1) is 5.06 Å². The Morgan fingerprint density at radius 3 is 3.17 bits per heavy atom. The summed E-state index contributed by atoms with van der Waals surface area (Å²) in [5, 5.41) is 6.21. The third kappa shape index (κ3) is 2.44. The molecule has 4 heterocycles. The zero-order chi connectivity index (χ0) is 16.7. The summed E-state index contributed by atoms with van der Waals surface area (Å²) in [5.74, 6) is 1.06. The number of hydrogen-bond acceptors (Lipinski definition) is 6. The number of fused-ring (bicyclic) bond motifs is 3. The van der Waals surface area contributed by atoms with Gasteiger partial charge in [-0.25, -0.2) is 19.7 Å². The van der Waals surface area contributed by atoms with Crippen molar-refractivity contribution in [3.8, 4) is 0 Å². The number of hydrogen-bond donors (Lipinski definition) is 2. The molecular formula is C16H18N6O2. The minimum Gasteiger partial charge on any atom is -0.351 e. The SMILES string of the molecule is CNC(=O)ON1CCC(c2[nH]c(C)nc3cnc4nccc4c23)C1. The summed E-state index contributed by atoms with van der Waals surface area (Å²) in [7, 11) is 1.55. The summed E-state index contributed by atoms with van der Waals surface area (Å²) in [6.07, 6.45) is 3.98. The molecule has 0 saturated carbocycles. The van der Waals surface area contributed by atoms with Crippen molar-refractivity contribution in [2.24, 2.45) is 0 Å². The van der Waals surface area contributed by atoms with Crippen molar-refractivity contribution >= 4 is 28.0 Å². The van der Waals surface area contributed by atoms with Crippen LogP contribution >= 0.6 is 0 Å². The molecule has 1 amide bonds. The number of nitrogens with zero attached hydrogens (tertiary/aromatic N) is 4. The van der Waals surface area contributed by atoms with Crippen LogP contribution < -0.4 is 5.32 Å². The normalized spacial score (nSPS) is 18.3. The van der Waals surface area contributed by atoms with Crippen molar-refractivity contribution in [2.75, 3.05) is 20.1 Å². The van der Waals surface area contributed by atoms with E-state index in [0.717, 1.165) is 39.9 Å². The van der Waals surface area contributed by atoms with Gasteiger partial charge < -0.3 is 15.1 Å². The molecule has 1 unspecified atom stereocenters. The summed E-state index contributed by atoms with van der Waals surface area (Å²) < 4.78 is 0. The number of rotatable bonds is 2. The van der Waals surface area contributed by atoms with Gasteiger partial charge in [-0.05, 0) is 19.4 Å². The summed E-state index contributed by atoms with van der Waals surface area (Å²) in [4.78, 5) is 33.3. The predicted molar refractivity (Wildman–Crippen MR) is 88.4 cm³/mol. The van der Waals surface area contributed by atoms with Crippen LogP contribution in [0.4, 0.5) is 4.79 Å².